The number of ether oxygens (including phenoxy) is 2. The van der Waals surface area contributed by atoms with Crippen LogP contribution in [0.25, 0.3) is 10.9 Å². The Morgan fingerprint density at radius 1 is 1.18 bits per heavy atom. The maximum absolute atomic E-state index is 13.5. The fraction of sp³-hybridized carbons (Fsp3) is 0.400. The van der Waals surface area contributed by atoms with Gasteiger partial charge in [-0.3, -0.25) is 9.32 Å². The molecule has 5 rings (SSSR count). The van der Waals surface area contributed by atoms with Gasteiger partial charge in [-0.15, -0.1) is 0 Å². The van der Waals surface area contributed by atoms with Gasteiger partial charge < -0.3 is 29.5 Å². The predicted octanol–water partition coefficient (Wildman–Crippen LogP) is 3.35. The van der Waals surface area contributed by atoms with Crippen LogP contribution in [0.15, 0.2) is 48.7 Å². The number of hydrogen-bond donors (Lipinski definition) is 3. The number of nitrogens with one attached hydrogen (secondary N) is 1. The third-order valence-electron chi connectivity index (χ3n) is 6.89. The molecule has 2 aliphatic heterocycles. The lowest BCUT2D eigenvalue weighted by atomic mass is 9.80. The maximum Gasteiger partial charge on any atom is 0.471 e. The first-order valence-corrected chi connectivity index (χ1v) is 13.9. The lowest BCUT2D eigenvalue weighted by molar-refractivity contribution is -0.0233. The number of para-hydroxylation sites is 1. The average molecular weight is 545 g/mol. The second-order valence-corrected chi connectivity index (χ2v) is 10.6. The Balaban J connectivity index is 1.36. The Morgan fingerprint density at radius 3 is 2.68 bits per heavy atom. The molecule has 0 bridgehead atoms. The van der Waals surface area contributed by atoms with E-state index in [1.807, 2.05) is 24.3 Å². The van der Waals surface area contributed by atoms with E-state index in [9.17, 15) is 14.2 Å². The number of phosphoric ester groups is 1. The highest BCUT2D eigenvalue weighted by molar-refractivity contribution is 7.46. The minimum absolute atomic E-state index is 0.320. The minimum Gasteiger partial charge on any atom is -0.487 e. The summed E-state index contributed by atoms with van der Waals surface area (Å²) in [5, 5.41) is 8.08. The van der Waals surface area contributed by atoms with Crippen LogP contribution in [0.2, 0.25) is 0 Å². The van der Waals surface area contributed by atoms with Crippen molar-refractivity contribution < 1.29 is 37.9 Å². The largest absolute Gasteiger partial charge is 0.487 e. The molecule has 2 amide bonds. The first-order chi connectivity index (χ1) is 18.2. The monoisotopic (exact) mass is 544 g/mol. The molecule has 13 heteroatoms. The molecule has 2 aromatic carbocycles. The molecule has 1 spiro atoms. The van der Waals surface area contributed by atoms with Crippen LogP contribution in [0, 0.1) is 0 Å². The number of benzene rings is 2. The van der Waals surface area contributed by atoms with Crippen molar-refractivity contribution in [1.29, 1.82) is 0 Å². The van der Waals surface area contributed by atoms with Crippen molar-refractivity contribution in [2.45, 2.75) is 44.6 Å². The summed E-state index contributed by atoms with van der Waals surface area (Å²) < 4.78 is 28.4. The maximum atomic E-state index is 13.5. The summed E-state index contributed by atoms with van der Waals surface area (Å²) in [6.07, 6.45) is 2.96. The molecule has 1 atom stereocenters. The van der Waals surface area contributed by atoms with Gasteiger partial charge in [0.25, 0.3) is 5.91 Å². The number of likely N-dealkylation sites (tertiary alicyclic amines) is 1. The molecule has 3 heterocycles. The molecule has 0 saturated carbocycles. The zero-order valence-corrected chi connectivity index (χ0v) is 21.7. The number of carbonyl (C=O) groups is 2. The smallest absolute Gasteiger partial charge is 0.471 e. The number of carbonyl (C=O) groups excluding carboxylic acids is 2. The number of nitrogens with zero attached hydrogens (tertiary/aromatic N) is 3. The zero-order valence-electron chi connectivity index (χ0n) is 20.8. The Morgan fingerprint density at radius 2 is 1.95 bits per heavy atom. The van der Waals surface area contributed by atoms with Gasteiger partial charge in [-0.05, 0) is 19.1 Å². The van der Waals surface area contributed by atoms with Gasteiger partial charge in [-0.2, -0.15) is 5.10 Å². The number of aromatic nitrogens is 2. The SMILES string of the molecule is CCOC(=O)N1CCC2(CC1)C[C@H](NC(=O)c1cccc3cn(COP(=O)(O)O)nc13)c1ccccc1O2. The van der Waals surface area contributed by atoms with Gasteiger partial charge in [0.05, 0.1) is 18.2 Å². The fourth-order valence-electron chi connectivity index (χ4n) is 5.08. The van der Waals surface area contributed by atoms with E-state index in [-0.39, 0.29) is 18.0 Å². The van der Waals surface area contributed by atoms with Crippen molar-refractivity contribution in [1.82, 2.24) is 20.0 Å². The van der Waals surface area contributed by atoms with Crippen molar-refractivity contribution in [2.24, 2.45) is 0 Å². The average Bonchev–Trinajstić information content (AvgIpc) is 3.31. The normalized spacial score (nSPS) is 18.6. The number of piperidine rings is 1. The Hall–Kier alpha value is -3.44. The minimum atomic E-state index is -4.67. The van der Waals surface area contributed by atoms with E-state index in [4.69, 9.17) is 19.3 Å². The third-order valence-corrected chi connectivity index (χ3v) is 7.34. The van der Waals surface area contributed by atoms with E-state index in [0.29, 0.717) is 61.2 Å². The lowest BCUT2D eigenvalue weighted by Gasteiger charge is -2.46. The molecular formula is C25H29N4O8P. The van der Waals surface area contributed by atoms with Gasteiger partial charge in [0.15, 0.2) is 6.73 Å². The second kappa shape index (κ2) is 10.4. The number of phosphoric acid groups is 1. The fourth-order valence-corrected chi connectivity index (χ4v) is 5.35. The molecule has 3 aromatic rings. The van der Waals surface area contributed by atoms with E-state index < -0.39 is 20.2 Å². The summed E-state index contributed by atoms with van der Waals surface area (Å²) in [4.78, 5) is 45.3. The topological polar surface area (TPSA) is 152 Å². The summed E-state index contributed by atoms with van der Waals surface area (Å²) in [5.41, 5.74) is 1.04. The summed E-state index contributed by atoms with van der Waals surface area (Å²) in [5.74, 6) is 0.364. The van der Waals surface area contributed by atoms with Gasteiger partial charge in [0.1, 0.15) is 16.9 Å². The molecule has 2 aliphatic rings. The molecule has 202 valence electrons. The van der Waals surface area contributed by atoms with E-state index >= 15 is 0 Å². The second-order valence-electron chi connectivity index (χ2n) is 9.40. The molecule has 3 N–H and O–H groups in total. The van der Waals surface area contributed by atoms with Crippen LogP contribution < -0.4 is 10.1 Å². The predicted molar refractivity (Wildman–Crippen MR) is 135 cm³/mol. The van der Waals surface area contributed by atoms with E-state index in [0.717, 1.165) is 5.56 Å². The van der Waals surface area contributed by atoms with Crippen molar-refractivity contribution in [3.63, 3.8) is 0 Å². The number of rotatable bonds is 6. The Bertz CT molecular complexity index is 1400. The van der Waals surface area contributed by atoms with Gasteiger partial charge in [-0.1, -0.05) is 30.3 Å². The first-order valence-electron chi connectivity index (χ1n) is 12.3. The molecule has 1 fully saturated rings. The third kappa shape index (κ3) is 5.53. The van der Waals surface area contributed by atoms with Crippen LogP contribution in [-0.2, 0) is 20.6 Å². The van der Waals surface area contributed by atoms with Crippen molar-refractivity contribution in [2.75, 3.05) is 19.7 Å². The van der Waals surface area contributed by atoms with E-state index in [1.54, 1.807) is 36.2 Å². The lowest BCUT2D eigenvalue weighted by Crippen LogP contribution is -2.53. The van der Waals surface area contributed by atoms with Crippen molar-refractivity contribution in [3.8, 4) is 5.75 Å². The summed E-state index contributed by atoms with van der Waals surface area (Å²) in [6, 6.07) is 12.4. The summed E-state index contributed by atoms with van der Waals surface area (Å²) in [7, 11) is -4.67. The van der Waals surface area contributed by atoms with E-state index in [1.165, 1.54) is 4.68 Å². The van der Waals surface area contributed by atoms with Crippen LogP contribution in [0.1, 0.15) is 48.1 Å². The first kappa shape index (κ1) is 26.2. The van der Waals surface area contributed by atoms with Gasteiger partial charge in [-0.25, -0.2) is 14.0 Å². The molecule has 38 heavy (non-hydrogen) atoms. The van der Waals surface area contributed by atoms with Crippen LogP contribution in [-0.4, -0.2) is 61.8 Å². The van der Waals surface area contributed by atoms with Crippen molar-refractivity contribution in [3.05, 3.63) is 59.8 Å². The molecule has 0 radical (unpaired) electrons. The van der Waals surface area contributed by atoms with Crippen LogP contribution in [0.5, 0.6) is 5.75 Å². The number of fused-ring (bicyclic) bond motifs is 2. The highest BCUT2D eigenvalue weighted by Gasteiger charge is 2.44. The number of hydrogen-bond acceptors (Lipinski definition) is 7. The van der Waals surface area contributed by atoms with Crippen LogP contribution in [0.4, 0.5) is 4.79 Å². The zero-order chi connectivity index (χ0) is 26.9. The van der Waals surface area contributed by atoms with Crippen LogP contribution >= 0.6 is 7.82 Å². The van der Waals surface area contributed by atoms with Gasteiger partial charge in [0.2, 0.25) is 0 Å². The summed E-state index contributed by atoms with van der Waals surface area (Å²) in [6.45, 7) is 2.63. The molecule has 1 saturated heterocycles. The quantitative estimate of drug-likeness (QED) is 0.397. The molecule has 0 unspecified atom stereocenters. The molecule has 0 aliphatic carbocycles. The van der Waals surface area contributed by atoms with Crippen LogP contribution in [0.3, 0.4) is 0 Å². The highest BCUT2D eigenvalue weighted by atomic mass is 31.2. The Labute approximate surface area is 218 Å². The van der Waals surface area contributed by atoms with Crippen molar-refractivity contribution >= 4 is 30.7 Å². The molecule has 1 aromatic heterocycles. The number of amides is 2. The standard InChI is InChI=1S/C25H29N4O8P/c1-2-35-24(31)28-12-10-25(11-13-28)14-20(18-7-3-4-9-21(18)37-25)26-23(30)19-8-5-6-17-15-29(27-22(17)19)16-36-38(32,33)34/h3-9,15,20H,2,10-14,16H2,1H3,(H,26,30)(H2,32,33,34)/t20-/m0/s1. The van der Waals surface area contributed by atoms with Gasteiger partial charge in [0, 0.05) is 49.5 Å². The Kier molecular flexibility index (Phi) is 7.15. The summed E-state index contributed by atoms with van der Waals surface area (Å²) >= 11 is 0. The van der Waals surface area contributed by atoms with E-state index in [2.05, 4.69) is 14.9 Å². The highest BCUT2D eigenvalue weighted by Crippen LogP contribution is 2.44. The van der Waals surface area contributed by atoms with Gasteiger partial charge >= 0.3 is 13.9 Å². The molecular weight excluding hydrogens is 515 g/mol. The molecule has 12 nitrogen and oxygen atoms in total.